The third-order valence-corrected chi connectivity index (χ3v) is 7.92. The summed E-state index contributed by atoms with van der Waals surface area (Å²) in [5, 5.41) is 7.11. The summed E-state index contributed by atoms with van der Waals surface area (Å²) >= 11 is 1.39. The van der Waals surface area contributed by atoms with E-state index in [9.17, 15) is 19.2 Å². The van der Waals surface area contributed by atoms with E-state index in [4.69, 9.17) is 0 Å². The molecule has 0 aromatic carbocycles. The number of amides is 5. The molecule has 0 aromatic heterocycles. The zero-order valence-electron chi connectivity index (χ0n) is 18.0. The van der Waals surface area contributed by atoms with Gasteiger partial charge < -0.3 is 10.6 Å². The van der Waals surface area contributed by atoms with Gasteiger partial charge in [-0.25, -0.2) is 4.79 Å². The van der Waals surface area contributed by atoms with E-state index in [-0.39, 0.29) is 42.1 Å². The van der Waals surface area contributed by atoms with E-state index in [1.807, 2.05) is 5.41 Å². The van der Waals surface area contributed by atoms with Crippen molar-refractivity contribution in [1.29, 1.82) is 0 Å². The average molecular weight is 448 g/mol. The molecule has 4 aliphatic rings. The van der Waals surface area contributed by atoms with Gasteiger partial charge in [0.05, 0.1) is 0 Å². The number of urea groups is 1. The van der Waals surface area contributed by atoms with E-state index in [1.54, 1.807) is 13.1 Å². The Labute approximate surface area is 186 Å². The first kappa shape index (κ1) is 22.0. The Hall–Kier alpha value is -2.16. The molecule has 2 N–H and O–H groups in total. The first-order valence-electron chi connectivity index (χ1n) is 11.3. The maximum Gasteiger partial charge on any atom is 0.501 e. The number of hydrogen-bond donors (Lipinski definition) is 2. The lowest BCUT2D eigenvalue weighted by Gasteiger charge is -2.30. The number of carbonyl (C=O) groups is 4. The fourth-order valence-corrected chi connectivity index (χ4v) is 6.10. The first-order valence-corrected chi connectivity index (χ1v) is 12.2. The molecular weight excluding hydrogens is 416 g/mol. The minimum Gasteiger partial charge on any atom is -0.359 e. The highest BCUT2D eigenvalue weighted by Gasteiger charge is 2.50. The van der Waals surface area contributed by atoms with Crippen molar-refractivity contribution in [2.24, 2.45) is 11.8 Å². The Morgan fingerprint density at radius 3 is 2.52 bits per heavy atom. The van der Waals surface area contributed by atoms with Gasteiger partial charge in [0.15, 0.2) is 11.8 Å². The number of thioether (sulfide) groups is 1. The van der Waals surface area contributed by atoms with Crippen LogP contribution < -0.4 is 10.6 Å². The van der Waals surface area contributed by atoms with Gasteiger partial charge in [-0.2, -0.15) is 14.3 Å². The van der Waals surface area contributed by atoms with Crippen molar-refractivity contribution < 1.29 is 23.8 Å². The molecule has 2 saturated carbocycles. The molecule has 0 radical (unpaired) electrons. The third-order valence-electron chi connectivity index (χ3n) is 6.91. The zero-order valence-corrected chi connectivity index (χ0v) is 18.8. The Morgan fingerprint density at radius 1 is 1.13 bits per heavy atom. The van der Waals surface area contributed by atoms with Crippen LogP contribution in [0.2, 0.25) is 0 Å². The second-order valence-corrected chi connectivity index (χ2v) is 9.96. The fraction of sp³-hybridized carbons (Fsp3) is 0.682. The number of hydrogen-bond acceptors (Lipinski definition) is 5. The van der Waals surface area contributed by atoms with Gasteiger partial charge in [0.2, 0.25) is 5.91 Å². The third kappa shape index (κ3) is 4.71. The lowest BCUT2D eigenvalue weighted by Crippen LogP contribution is -2.58. The number of carbonyl (C=O) groups excluding carboxylic acids is 4. The summed E-state index contributed by atoms with van der Waals surface area (Å²) < 4.78 is 1.48. The van der Waals surface area contributed by atoms with Crippen molar-refractivity contribution in [2.75, 3.05) is 20.1 Å². The summed E-state index contributed by atoms with van der Waals surface area (Å²) in [5.41, 5.74) is 0.612. The summed E-state index contributed by atoms with van der Waals surface area (Å²) in [7, 11) is 1.65. The molecular formula is C22H31N4O4S+. The van der Waals surface area contributed by atoms with Gasteiger partial charge in [0.1, 0.15) is 12.3 Å². The van der Waals surface area contributed by atoms with Crippen molar-refractivity contribution >= 4 is 41.2 Å². The summed E-state index contributed by atoms with van der Waals surface area (Å²) in [6.45, 7) is 0.294. The second-order valence-electron chi connectivity index (χ2n) is 8.94. The SMILES string of the molecule is CNC(=O)C1CCC(CN2C(=O)C3SC=CC3=[N+](CC(=O)NC3CCCC3)C2=O)CC1. The van der Waals surface area contributed by atoms with E-state index in [2.05, 4.69) is 10.6 Å². The van der Waals surface area contributed by atoms with Gasteiger partial charge in [-0.3, -0.25) is 9.59 Å². The Kier molecular flexibility index (Phi) is 6.79. The van der Waals surface area contributed by atoms with Gasteiger partial charge in [-0.15, -0.1) is 11.8 Å². The molecule has 2 fully saturated rings. The molecule has 0 saturated heterocycles. The topological polar surface area (TPSA) is 98.6 Å². The minimum atomic E-state index is -0.459. The largest absolute Gasteiger partial charge is 0.501 e. The van der Waals surface area contributed by atoms with Crippen LogP contribution in [-0.2, 0) is 14.4 Å². The predicted octanol–water partition coefficient (Wildman–Crippen LogP) is 1.64. The quantitative estimate of drug-likeness (QED) is 0.603. The Morgan fingerprint density at radius 2 is 1.84 bits per heavy atom. The summed E-state index contributed by atoms with van der Waals surface area (Å²) in [6, 6.07) is -0.215. The van der Waals surface area contributed by atoms with Crippen LogP contribution in [0, 0.1) is 11.8 Å². The zero-order chi connectivity index (χ0) is 22.0. The average Bonchev–Trinajstić information content (AvgIpc) is 3.46. The molecule has 2 heterocycles. The maximum absolute atomic E-state index is 13.3. The van der Waals surface area contributed by atoms with Crippen LogP contribution in [0.3, 0.4) is 0 Å². The fourth-order valence-electron chi connectivity index (χ4n) is 5.14. The van der Waals surface area contributed by atoms with Gasteiger partial charge in [0.25, 0.3) is 5.91 Å². The number of nitrogens with zero attached hydrogens (tertiary/aromatic N) is 2. The summed E-state index contributed by atoms with van der Waals surface area (Å²) in [6.07, 6.45) is 9.15. The number of fused-ring (bicyclic) bond motifs is 1. The van der Waals surface area contributed by atoms with Gasteiger partial charge in [0, 0.05) is 19.0 Å². The lowest BCUT2D eigenvalue weighted by molar-refractivity contribution is -0.427. The maximum atomic E-state index is 13.3. The molecule has 5 amide bonds. The highest BCUT2D eigenvalue weighted by atomic mass is 32.2. The normalized spacial score (nSPS) is 28.8. The van der Waals surface area contributed by atoms with E-state index >= 15 is 0 Å². The molecule has 0 aromatic rings. The Bertz CT molecular complexity index is 825. The van der Waals surface area contributed by atoms with E-state index in [0.29, 0.717) is 12.3 Å². The van der Waals surface area contributed by atoms with Crippen LogP contribution in [0.5, 0.6) is 0 Å². The van der Waals surface area contributed by atoms with E-state index in [0.717, 1.165) is 51.4 Å². The van der Waals surface area contributed by atoms with Gasteiger partial charge >= 0.3 is 11.9 Å². The molecule has 2 aliphatic heterocycles. The molecule has 1 atom stereocenters. The van der Waals surface area contributed by atoms with E-state index in [1.165, 1.54) is 21.2 Å². The highest BCUT2D eigenvalue weighted by molar-refractivity contribution is 8.04. The van der Waals surface area contributed by atoms with Crippen molar-refractivity contribution in [2.45, 2.75) is 62.7 Å². The minimum absolute atomic E-state index is 0.0133. The van der Waals surface area contributed by atoms with Crippen molar-refractivity contribution in [3.05, 3.63) is 11.5 Å². The summed E-state index contributed by atoms with van der Waals surface area (Å²) in [4.78, 5) is 52.1. The predicted molar refractivity (Wildman–Crippen MR) is 118 cm³/mol. The number of allylic oxidation sites excluding steroid dienone is 1. The van der Waals surface area contributed by atoms with Crippen molar-refractivity contribution in [1.82, 2.24) is 15.5 Å². The van der Waals surface area contributed by atoms with Crippen molar-refractivity contribution in [3.63, 3.8) is 0 Å². The molecule has 31 heavy (non-hydrogen) atoms. The second kappa shape index (κ2) is 9.54. The standard InChI is InChI=1S/C22H30N4O4S/c1-23-20(28)15-8-6-14(7-9-15)12-26-21(29)19-17(10-11-31-19)25(22(26)30)13-18(27)24-16-4-2-3-5-16/h10-11,14-16,19H,2-9,12-13H2,1H3,(H-,23,24,27,28)/p+1. The molecule has 0 bridgehead atoms. The molecule has 0 spiro atoms. The van der Waals surface area contributed by atoms with Crippen LogP contribution in [0.4, 0.5) is 4.79 Å². The highest BCUT2D eigenvalue weighted by Crippen LogP contribution is 2.32. The van der Waals surface area contributed by atoms with Crippen LogP contribution in [0.25, 0.3) is 0 Å². The van der Waals surface area contributed by atoms with Crippen LogP contribution in [0.15, 0.2) is 11.5 Å². The first-order chi connectivity index (χ1) is 15.0. The van der Waals surface area contributed by atoms with Crippen LogP contribution in [0.1, 0.15) is 51.4 Å². The molecule has 1 unspecified atom stereocenters. The van der Waals surface area contributed by atoms with Gasteiger partial charge in [-0.05, 0) is 55.9 Å². The molecule has 4 rings (SSSR count). The monoisotopic (exact) mass is 447 g/mol. The smallest absolute Gasteiger partial charge is 0.359 e. The molecule has 9 heteroatoms. The van der Waals surface area contributed by atoms with Crippen LogP contribution >= 0.6 is 11.8 Å². The van der Waals surface area contributed by atoms with Crippen molar-refractivity contribution in [3.8, 4) is 0 Å². The number of rotatable bonds is 6. The number of imide groups is 1. The lowest BCUT2D eigenvalue weighted by atomic mass is 9.81. The summed E-state index contributed by atoms with van der Waals surface area (Å²) in [5.74, 6) is -0.105. The number of nitrogens with one attached hydrogen (secondary N) is 2. The van der Waals surface area contributed by atoms with Crippen LogP contribution in [-0.4, -0.2) is 70.4 Å². The van der Waals surface area contributed by atoms with E-state index < -0.39 is 11.3 Å². The molecule has 8 nitrogen and oxygen atoms in total. The Balaban J connectivity index is 1.43. The molecule has 168 valence electrons. The van der Waals surface area contributed by atoms with Gasteiger partial charge in [-0.1, -0.05) is 12.8 Å². The molecule has 2 aliphatic carbocycles.